The molecular weight excluding hydrogens is 234 g/mol. The Labute approximate surface area is 115 Å². The Kier molecular flexibility index (Phi) is 2.64. The first-order valence-corrected chi connectivity index (χ1v) is 8.05. The molecule has 3 aliphatic rings. The molecule has 0 radical (unpaired) electrons. The fourth-order valence-electron chi connectivity index (χ4n) is 5.35. The molecule has 2 bridgehead atoms. The van der Waals surface area contributed by atoms with E-state index in [1.165, 1.54) is 43.5 Å². The van der Waals surface area contributed by atoms with Crippen LogP contribution in [0.4, 0.5) is 5.69 Å². The van der Waals surface area contributed by atoms with Gasteiger partial charge in [-0.3, -0.25) is 4.68 Å². The number of aryl methyl sites for hydroxylation is 2. The van der Waals surface area contributed by atoms with Crippen molar-refractivity contribution in [2.45, 2.75) is 51.5 Å². The van der Waals surface area contributed by atoms with E-state index in [0.29, 0.717) is 0 Å². The van der Waals surface area contributed by atoms with Crippen LogP contribution in [0.1, 0.15) is 44.7 Å². The summed E-state index contributed by atoms with van der Waals surface area (Å²) in [6.45, 7) is 2.20. The molecule has 0 aromatic carbocycles. The number of hydrogen-bond acceptors (Lipinski definition) is 2. The summed E-state index contributed by atoms with van der Waals surface area (Å²) in [6, 6.07) is 0.721. The zero-order valence-corrected chi connectivity index (χ0v) is 12.1. The van der Waals surface area contributed by atoms with Crippen LogP contribution in [-0.4, -0.2) is 15.8 Å². The summed E-state index contributed by atoms with van der Waals surface area (Å²) in [4.78, 5) is 0. The van der Waals surface area contributed by atoms with E-state index < -0.39 is 0 Å². The summed E-state index contributed by atoms with van der Waals surface area (Å²) >= 11 is 0. The molecule has 4 rings (SSSR count). The summed E-state index contributed by atoms with van der Waals surface area (Å²) in [5.74, 6) is 4.10. The predicted molar refractivity (Wildman–Crippen MR) is 77.0 cm³/mol. The van der Waals surface area contributed by atoms with Crippen LogP contribution in [0.2, 0.25) is 0 Å². The average Bonchev–Trinajstić information content (AvgIpc) is 3.09. The smallest absolute Gasteiger partial charge is 0.0853 e. The van der Waals surface area contributed by atoms with Crippen LogP contribution in [-0.2, 0) is 13.5 Å². The molecule has 3 fully saturated rings. The van der Waals surface area contributed by atoms with E-state index in [1.807, 2.05) is 11.7 Å². The molecular formula is C16H25N3. The van der Waals surface area contributed by atoms with E-state index >= 15 is 0 Å². The molecule has 0 amide bonds. The van der Waals surface area contributed by atoms with E-state index in [4.69, 9.17) is 0 Å². The van der Waals surface area contributed by atoms with Crippen molar-refractivity contribution in [2.24, 2.45) is 30.7 Å². The van der Waals surface area contributed by atoms with Crippen molar-refractivity contribution >= 4 is 5.69 Å². The molecule has 3 heteroatoms. The van der Waals surface area contributed by atoms with Crippen LogP contribution in [0.25, 0.3) is 0 Å². The Balaban J connectivity index is 1.52. The number of hydrogen-bond donors (Lipinski definition) is 1. The highest BCUT2D eigenvalue weighted by Crippen LogP contribution is 2.59. The van der Waals surface area contributed by atoms with Crippen LogP contribution in [0.5, 0.6) is 0 Å². The topological polar surface area (TPSA) is 29.9 Å². The molecule has 104 valence electrons. The molecule has 5 atom stereocenters. The van der Waals surface area contributed by atoms with Crippen molar-refractivity contribution in [3.05, 3.63) is 11.9 Å². The maximum absolute atomic E-state index is 4.55. The minimum Gasteiger partial charge on any atom is -0.379 e. The van der Waals surface area contributed by atoms with E-state index in [9.17, 15) is 0 Å². The maximum atomic E-state index is 4.55. The molecule has 0 saturated heterocycles. The molecule has 1 aromatic heterocycles. The van der Waals surface area contributed by atoms with Gasteiger partial charge in [0.1, 0.15) is 0 Å². The van der Waals surface area contributed by atoms with Gasteiger partial charge in [0.25, 0.3) is 0 Å². The second-order valence-corrected chi connectivity index (χ2v) is 6.92. The Morgan fingerprint density at radius 2 is 2.11 bits per heavy atom. The third-order valence-electron chi connectivity index (χ3n) is 6.01. The number of anilines is 1. The third kappa shape index (κ3) is 1.73. The molecule has 3 saturated carbocycles. The zero-order chi connectivity index (χ0) is 13.0. The standard InChI is InChI=1S/C16H25N3/c1-3-14-16(9-19(2)18-14)17-15-8-10-7-13(15)12-6-4-5-11(10)12/h9-13,15,17H,3-8H2,1-2H3. The lowest BCUT2D eigenvalue weighted by Crippen LogP contribution is -2.34. The highest BCUT2D eigenvalue weighted by atomic mass is 15.3. The SMILES string of the molecule is CCc1nn(C)cc1NC1CC2CC1C1CCCC21. The molecule has 5 unspecified atom stereocenters. The Bertz CT molecular complexity index is 478. The minimum absolute atomic E-state index is 0.721. The van der Waals surface area contributed by atoms with E-state index in [2.05, 4.69) is 23.5 Å². The normalized spacial score (nSPS) is 39.8. The Morgan fingerprint density at radius 3 is 2.95 bits per heavy atom. The highest BCUT2D eigenvalue weighted by molar-refractivity contribution is 5.47. The van der Waals surface area contributed by atoms with Gasteiger partial charge in [-0.25, -0.2) is 0 Å². The third-order valence-corrected chi connectivity index (χ3v) is 6.01. The number of nitrogens with one attached hydrogen (secondary N) is 1. The highest BCUT2D eigenvalue weighted by Gasteiger charge is 2.53. The average molecular weight is 259 g/mol. The summed E-state index contributed by atoms with van der Waals surface area (Å²) in [5.41, 5.74) is 2.52. The molecule has 3 aliphatic carbocycles. The molecule has 19 heavy (non-hydrogen) atoms. The van der Waals surface area contributed by atoms with Crippen LogP contribution in [0, 0.1) is 23.7 Å². The van der Waals surface area contributed by atoms with E-state index in [-0.39, 0.29) is 0 Å². The van der Waals surface area contributed by atoms with Gasteiger partial charge in [0.2, 0.25) is 0 Å². The van der Waals surface area contributed by atoms with Gasteiger partial charge < -0.3 is 5.32 Å². The van der Waals surface area contributed by atoms with Crippen LogP contribution >= 0.6 is 0 Å². The Morgan fingerprint density at radius 1 is 1.26 bits per heavy atom. The summed E-state index contributed by atoms with van der Waals surface area (Å²) in [6.07, 6.45) is 10.6. The van der Waals surface area contributed by atoms with Crippen LogP contribution in [0.3, 0.4) is 0 Å². The van der Waals surface area contributed by atoms with Crippen molar-refractivity contribution in [3.63, 3.8) is 0 Å². The predicted octanol–water partition coefficient (Wildman–Crippen LogP) is 3.22. The molecule has 0 aliphatic heterocycles. The number of fused-ring (bicyclic) bond motifs is 5. The minimum atomic E-state index is 0.721. The van der Waals surface area contributed by atoms with Crippen LogP contribution in [0.15, 0.2) is 6.20 Å². The lowest BCUT2D eigenvalue weighted by atomic mass is 9.79. The van der Waals surface area contributed by atoms with Gasteiger partial charge in [0, 0.05) is 19.3 Å². The zero-order valence-electron chi connectivity index (χ0n) is 12.1. The first kappa shape index (κ1) is 11.8. The van der Waals surface area contributed by atoms with Gasteiger partial charge in [0.15, 0.2) is 0 Å². The molecule has 1 aromatic rings. The van der Waals surface area contributed by atoms with Gasteiger partial charge in [-0.15, -0.1) is 0 Å². The van der Waals surface area contributed by atoms with Gasteiger partial charge in [-0.05, 0) is 55.8 Å². The van der Waals surface area contributed by atoms with Crippen molar-refractivity contribution in [1.29, 1.82) is 0 Å². The first-order chi connectivity index (χ1) is 9.26. The van der Waals surface area contributed by atoms with E-state index in [0.717, 1.165) is 36.1 Å². The number of aromatic nitrogens is 2. The van der Waals surface area contributed by atoms with Crippen molar-refractivity contribution < 1.29 is 0 Å². The second kappa shape index (κ2) is 4.26. The molecule has 3 nitrogen and oxygen atoms in total. The van der Waals surface area contributed by atoms with E-state index in [1.54, 1.807) is 0 Å². The second-order valence-electron chi connectivity index (χ2n) is 6.92. The van der Waals surface area contributed by atoms with Gasteiger partial charge in [-0.2, -0.15) is 5.10 Å². The summed E-state index contributed by atoms with van der Waals surface area (Å²) in [5, 5.41) is 8.40. The fraction of sp³-hybridized carbons (Fsp3) is 0.812. The van der Waals surface area contributed by atoms with Crippen molar-refractivity contribution in [3.8, 4) is 0 Å². The van der Waals surface area contributed by atoms with Gasteiger partial charge in [0.05, 0.1) is 11.4 Å². The first-order valence-electron chi connectivity index (χ1n) is 8.05. The maximum Gasteiger partial charge on any atom is 0.0853 e. The number of nitrogens with zero attached hydrogens (tertiary/aromatic N) is 2. The van der Waals surface area contributed by atoms with Crippen molar-refractivity contribution in [2.75, 3.05) is 5.32 Å². The fourth-order valence-corrected chi connectivity index (χ4v) is 5.35. The lowest BCUT2D eigenvalue weighted by molar-refractivity contribution is 0.243. The lowest BCUT2D eigenvalue weighted by Gasteiger charge is -2.32. The largest absolute Gasteiger partial charge is 0.379 e. The quantitative estimate of drug-likeness (QED) is 0.903. The molecule has 0 spiro atoms. The Hall–Kier alpha value is -0.990. The molecule has 1 heterocycles. The van der Waals surface area contributed by atoms with Crippen LogP contribution < -0.4 is 5.32 Å². The monoisotopic (exact) mass is 259 g/mol. The van der Waals surface area contributed by atoms with Gasteiger partial charge in [-0.1, -0.05) is 13.3 Å². The summed E-state index contributed by atoms with van der Waals surface area (Å²) < 4.78 is 1.95. The number of rotatable bonds is 3. The summed E-state index contributed by atoms with van der Waals surface area (Å²) in [7, 11) is 2.03. The van der Waals surface area contributed by atoms with Crippen molar-refractivity contribution in [1.82, 2.24) is 9.78 Å². The molecule has 1 N–H and O–H groups in total. The van der Waals surface area contributed by atoms with Gasteiger partial charge >= 0.3 is 0 Å².